The van der Waals surface area contributed by atoms with Crippen molar-refractivity contribution >= 4 is 40.4 Å². The van der Waals surface area contributed by atoms with E-state index in [2.05, 4.69) is 32.8 Å². The van der Waals surface area contributed by atoms with Crippen LogP contribution in [-0.2, 0) is 36.3 Å². The Labute approximate surface area is 184 Å². The van der Waals surface area contributed by atoms with E-state index >= 15 is 0 Å². The summed E-state index contributed by atoms with van der Waals surface area (Å²) in [4.78, 5) is 49.1. The largest absolute Gasteiger partial charge is 0.481 e. The molecule has 0 aromatic carbocycles. The average molecular weight is 535 g/mol. The maximum absolute atomic E-state index is 12.0. The monoisotopic (exact) mass is 535 g/mol. The molecule has 2 unspecified atom stereocenters. The molecule has 2 aromatic heterocycles. The highest BCUT2D eigenvalue weighted by Gasteiger charge is 2.50. The third-order valence-electron chi connectivity index (χ3n) is 4.13. The lowest BCUT2D eigenvalue weighted by Gasteiger charge is -2.22. The van der Waals surface area contributed by atoms with Gasteiger partial charge < -0.3 is 35.2 Å². The van der Waals surface area contributed by atoms with Crippen molar-refractivity contribution in [3.8, 4) is 0 Å². The van der Waals surface area contributed by atoms with Gasteiger partial charge in [0.1, 0.15) is 30.2 Å². The summed E-state index contributed by atoms with van der Waals surface area (Å²) in [6.07, 6.45) is -4.30. The van der Waals surface area contributed by atoms with Gasteiger partial charge in [0.15, 0.2) is 17.7 Å². The number of aliphatic hydroxyl groups excluding tert-OH is 1. The van der Waals surface area contributed by atoms with E-state index in [4.69, 9.17) is 10.5 Å². The topological polar surface area (TPSA) is 268 Å². The predicted octanol–water partition coefficient (Wildman–Crippen LogP) is -0.585. The molecule has 2 aromatic rings. The van der Waals surface area contributed by atoms with Gasteiger partial charge in [0, 0.05) is 0 Å². The first kappa shape index (κ1) is 26.2. The standard InChI is InChI=1S/C12H20N5O13P3/c1-2-26-32(22,23)30-33(24,25)27-3-6-9(29-31(19,20)21)8(18)12(28-6)17-5-16-7-10(13)14-4-15-11(7)17/h4-6,8-9,12,18H,2-3H2,1H3,(H,22,23)(H,24,25)(H2,13,14,15)(H2,19,20,21)/t6-,8-,9-,12-/m1/s1. The summed E-state index contributed by atoms with van der Waals surface area (Å²) in [6, 6.07) is 0. The molecule has 1 saturated heterocycles. The van der Waals surface area contributed by atoms with Gasteiger partial charge in [0.05, 0.1) is 19.5 Å². The fourth-order valence-electron chi connectivity index (χ4n) is 2.94. The van der Waals surface area contributed by atoms with Gasteiger partial charge in [-0.25, -0.2) is 28.6 Å². The van der Waals surface area contributed by atoms with Crippen LogP contribution in [0.1, 0.15) is 13.2 Å². The zero-order valence-electron chi connectivity index (χ0n) is 16.6. The van der Waals surface area contributed by atoms with Crippen LogP contribution in [0.5, 0.6) is 0 Å². The Morgan fingerprint density at radius 2 is 1.79 bits per heavy atom. The van der Waals surface area contributed by atoms with Crippen LogP contribution >= 0.6 is 23.5 Å². The van der Waals surface area contributed by atoms with E-state index in [1.807, 2.05) is 0 Å². The second kappa shape index (κ2) is 9.71. The van der Waals surface area contributed by atoms with Crippen molar-refractivity contribution in [2.24, 2.45) is 0 Å². The number of phosphoric acid groups is 3. The first-order chi connectivity index (χ1) is 15.2. The van der Waals surface area contributed by atoms with E-state index < -0.39 is 54.6 Å². The molecule has 0 amide bonds. The van der Waals surface area contributed by atoms with Gasteiger partial charge in [-0.05, 0) is 6.92 Å². The SMILES string of the molecule is CCOP(=O)(O)OP(=O)(O)OC[C@H]1O[C@@H](n2cnc3c(N)ncnc32)[C@H](O)[C@@H]1OP(=O)(O)O. The Hall–Kier alpha value is -1.36. The summed E-state index contributed by atoms with van der Waals surface area (Å²) in [6.45, 7) is 0.0338. The zero-order valence-corrected chi connectivity index (χ0v) is 19.3. The van der Waals surface area contributed by atoms with Gasteiger partial charge in [-0.2, -0.15) is 4.31 Å². The van der Waals surface area contributed by atoms with Crippen molar-refractivity contribution in [2.75, 3.05) is 18.9 Å². The molecule has 186 valence electrons. The normalized spacial score (nSPS) is 27.5. The van der Waals surface area contributed by atoms with Gasteiger partial charge in [0.2, 0.25) is 0 Å². The third-order valence-corrected chi connectivity index (χ3v) is 7.36. The highest BCUT2D eigenvalue weighted by Crippen LogP contribution is 2.60. The Balaban J connectivity index is 1.83. The second-order valence-corrected chi connectivity index (χ2v) is 10.7. The second-order valence-electron chi connectivity index (χ2n) is 6.43. The molecular formula is C12H20N5O13P3. The van der Waals surface area contributed by atoms with Crippen LogP contribution in [0.25, 0.3) is 11.2 Å². The highest BCUT2D eigenvalue weighted by atomic mass is 31.3. The Bertz CT molecular complexity index is 1140. The highest BCUT2D eigenvalue weighted by molar-refractivity contribution is 7.61. The summed E-state index contributed by atoms with van der Waals surface area (Å²) >= 11 is 0. The van der Waals surface area contributed by atoms with E-state index in [1.54, 1.807) is 0 Å². The molecule has 0 saturated carbocycles. The van der Waals surface area contributed by atoms with Gasteiger partial charge in [-0.1, -0.05) is 0 Å². The number of nitrogens with zero attached hydrogens (tertiary/aromatic N) is 4. The van der Waals surface area contributed by atoms with Crippen LogP contribution in [0.4, 0.5) is 5.82 Å². The number of hydrogen-bond donors (Lipinski definition) is 6. The van der Waals surface area contributed by atoms with E-state index in [9.17, 15) is 38.4 Å². The summed E-state index contributed by atoms with van der Waals surface area (Å²) in [5.41, 5.74) is 5.94. The van der Waals surface area contributed by atoms with Crippen molar-refractivity contribution in [1.82, 2.24) is 19.5 Å². The molecule has 0 aliphatic carbocycles. The van der Waals surface area contributed by atoms with Crippen molar-refractivity contribution in [1.29, 1.82) is 0 Å². The van der Waals surface area contributed by atoms with Gasteiger partial charge in [0.25, 0.3) is 0 Å². The van der Waals surface area contributed by atoms with E-state index in [0.717, 1.165) is 12.7 Å². The van der Waals surface area contributed by atoms with Gasteiger partial charge >= 0.3 is 23.5 Å². The summed E-state index contributed by atoms with van der Waals surface area (Å²) in [5, 5.41) is 10.6. The molecule has 0 bridgehead atoms. The van der Waals surface area contributed by atoms with Crippen LogP contribution in [0.15, 0.2) is 12.7 Å². The van der Waals surface area contributed by atoms with Gasteiger partial charge in [-0.3, -0.25) is 18.1 Å². The van der Waals surface area contributed by atoms with Crippen molar-refractivity contribution < 1.29 is 61.0 Å². The lowest BCUT2D eigenvalue weighted by atomic mass is 10.1. The summed E-state index contributed by atoms with van der Waals surface area (Å²) in [5.74, 6) is 0.00948. The zero-order chi connectivity index (χ0) is 24.6. The van der Waals surface area contributed by atoms with Crippen LogP contribution < -0.4 is 5.73 Å². The molecule has 3 rings (SSSR count). The van der Waals surface area contributed by atoms with E-state index in [0.29, 0.717) is 0 Å². The number of hydrogen-bond acceptors (Lipinski definition) is 13. The lowest BCUT2D eigenvalue weighted by Crippen LogP contribution is -2.35. The molecule has 33 heavy (non-hydrogen) atoms. The Morgan fingerprint density at radius 3 is 2.42 bits per heavy atom. The molecule has 3 heterocycles. The first-order valence-corrected chi connectivity index (χ1v) is 13.4. The smallest absolute Gasteiger partial charge is 0.386 e. The predicted molar refractivity (Wildman–Crippen MR) is 105 cm³/mol. The van der Waals surface area contributed by atoms with Crippen LogP contribution in [0.2, 0.25) is 0 Å². The molecule has 1 fully saturated rings. The van der Waals surface area contributed by atoms with Gasteiger partial charge in [-0.15, -0.1) is 0 Å². The number of nitrogen functional groups attached to an aromatic ring is 1. The van der Waals surface area contributed by atoms with E-state index in [1.165, 1.54) is 11.5 Å². The van der Waals surface area contributed by atoms with E-state index in [-0.39, 0.29) is 23.6 Å². The first-order valence-electron chi connectivity index (χ1n) is 8.89. The Kier molecular flexibility index (Phi) is 7.73. The molecule has 6 atom stereocenters. The van der Waals surface area contributed by atoms with Crippen LogP contribution in [0, 0.1) is 0 Å². The molecular weight excluding hydrogens is 515 g/mol. The fraction of sp³-hybridized carbons (Fsp3) is 0.583. The molecule has 7 N–H and O–H groups in total. The number of imidazole rings is 1. The van der Waals surface area contributed by atoms with Crippen LogP contribution in [0.3, 0.4) is 0 Å². The molecule has 21 heteroatoms. The maximum atomic E-state index is 12.0. The number of fused-ring (bicyclic) bond motifs is 1. The van der Waals surface area contributed by atoms with Crippen molar-refractivity contribution in [3.63, 3.8) is 0 Å². The lowest BCUT2D eigenvalue weighted by molar-refractivity contribution is -0.0502. The number of ether oxygens (including phenoxy) is 1. The van der Waals surface area contributed by atoms with Crippen molar-refractivity contribution in [3.05, 3.63) is 12.7 Å². The minimum absolute atomic E-state index is 0.00948. The number of aliphatic hydroxyl groups is 1. The molecule has 1 aliphatic rings. The minimum Gasteiger partial charge on any atom is -0.386 e. The molecule has 0 spiro atoms. The number of phosphoric ester groups is 3. The summed E-state index contributed by atoms with van der Waals surface area (Å²) in [7, 11) is -15.4. The van der Waals surface area contributed by atoms with Crippen LogP contribution in [-0.4, -0.2) is 75.7 Å². The number of rotatable bonds is 10. The quantitative estimate of drug-likeness (QED) is 0.208. The Morgan fingerprint density at radius 1 is 1.12 bits per heavy atom. The number of anilines is 1. The minimum atomic E-state index is -5.22. The molecule has 1 aliphatic heterocycles. The molecule has 18 nitrogen and oxygen atoms in total. The average Bonchev–Trinajstić information content (AvgIpc) is 3.21. The third kappa shape index (κ3) is 6.41. The number of nitrogens with two attached hydrogens (primary N) is 1. The summed E-state index contributed by atoms with van der Waals surface area (Å²) < 4.78 is 59.2. The maximum Gasteiger partial charge on any atom is 0.481 e. The van der Waals surface area contributed by atoms with Crippen molar-refractivity contribution in [2.45, 2.75) is 31.5 Å². The fourth-order valence-corrected chi connectivity index (χ4v) is 5.60. The molecule has 0 radical (unpaired) electrons. The number of aromatic nitrogens is 4.